The molecule has 1 aromatic carbocycles. The van der Waals surface area contributed by atoms with E-state index in [0.29, 0.717) is 0 Å². The zero-order valence-corrected chi connectivity index (χ0v) is 10.6. The highest BCUT2D eigenvalue weighted by molar-refractivity contribution is 6.44. The number of carbonyl (C=O) groups excluding carboxylic acids is 3. The predicted molar refractivity (Wildman–Crippen MR) is 64.6 cm³/mol. The number of rotatable bonds is 2. The van der Waals surface area contributed by atoms with Crippen molar-refractivity contribution in [1.82, 2.24) is 9.80 Å². The normalized spacial score (nSPS) is 15.8. The lowest BCUT2D eigenvalue weighted by Crippen LogP contribution is -2.31. The zero-order chi connectivity index (χ0) is 13.4. The molecule has 1 aromatic rings. The highest BCUT2D eigenvalue weighted by atomic mass is 16.2. The molecule has 0 aliphatic carbocycles. The Balaban J connectivity index is 2.29. The number of imide groups is 2. The van der Waals surface area contributed by atoms with Gasteiger partial charge in [-0.1, -0.05) is 23.8 Å². The van der Waals surface area contributed by atoms with Crippen molar-refractivity contribution in [2.75, 3.05) is 7.05 Å². The van der Waals surface area contributed by atoms with Crippen LogP contribution in [-0.4, -0.2) is 34.7 Å². The first-order valence-corrected chi connectivity index (χ1v) is 5.61. The SMILES string of the molecule is Cc1ccc(C)c(CN2C(=O)C(=O)N(C)C2=O)c1. The molecule has 94 valence electrons. The summed E-state index contributed by atoms with van der Waals surface area (Å²) < 4.78 is 0. The standard InChI is InChI=1S/C13H14N2O3/c1-8-4-5-9(2)10(6-8)7-15-12(17)11(16)14(3)13(15)18/h4-6H,7H2,1-3H3. The van der Waals surface area contributed by atoms with E-state index in [9.17, 15) is 14.4 Å². The van der Waals surface area contributed by atoms with Gasteiger partial charge in [0.15, 0.2) is 0 Å². The zero-order valence-electron chi connectivity index (χ0n) is 10.6. The maximum atomic E-state index is 11.7. The van der Waals surface area contributed by atoms with Crippen LogP contribution in [0.5, 0.6) is 0 Å². The van der Waals surface area contributed by atoms with E-state index in [2.05, 4.69) is 0 Å². The molecule has 1 aliphatic rings. The van der Waals surface area contributed by atoms with Gasteiger partial charge in [-0.3, -0.25) is 19.4 Å². The summed E-state index contributed by atoms with van der Waals surface area (Å²) in [6, 6.07) is 5.25. The van der Waals surface area contributed by atoms with Gasteiger partial charge in [0.25, 0.3) is 0 Å². The first-order valence-electron chi connectivity index (χ1n) is 5.61. The molecule has 4 amide bonds. The van der Waals surface area contributed by atoms with Crippen LogP contribution < -0.4 is 0 Å². The molecule has 0 N–H and O–H groups in total. The third kappa shape index (κ3) is 1.88. The summed E-state index contributed by atoms with van der Waals surface area (Å²) in [4.78, 5) is 36.6. The minimum Gasteiger partial charge on any atom is -0.263 e. The Morgan fingerprint density at radius 2 is 1.72 bits per heavy atom. The molecule has 1 heterocycles. The third-order valence-electron chi connectivity index (χ3n) is 3.08. The Hall–Kier alpha value is -2.17. The Kier molecular flexibility index (Phi) is 2.90. The lowest BCUT2D eigenvalue weighted by molar-refractivity contribution is -0.143. The van der Waals surface area contributed by atoms with Crippen LogP contribution >= 0.6 is 0 Å². The predicted octanol–water partition coefficient (Wildman–Crippen LogP) is 1.22. The number of likely N-dealkylation sites (N-methyl/N-ethyl adjacent to an activating group) is 1. The summed E-state index contributed by atoms with van der Waals surface area (Å²) in [5.41, 5.74) is 2.91. The van der Waals surface area contributed by atoms with Crippen LogP contribution in [0.1, 0.15) is 16.7 Å². The van der Waals surface area contributed by atoms with E-state index >= 15 is 0 Å². The van der Waals surface area contributed by atoms with Gasteiger partial charge in [0.05, 0.1) is 6.54 Å². The van der Waals surface area contributed by atoms with Gasteiger partial charge in [-0.2, -0.15) is 0 Å². The van der Waals surface area contributed by atoms with Crippen molar-refractivity contribution in [2.45, 2.75) is 20.4 Å². The number of amides is 4. The lowest BCUT2D eigenvalue weighted by atomic mass is 10.1. The van der Waals surface area contributed by atoms with Gasteiger partial charge < -0.3 is 0 Å². The molecule has 5 heteroatoms. The largest absolute Gasteiger partial charge is 0.334 e. The number of hydrogen-bond donors (Lipinski definition) is 0. The first kappa shape index (κ1) is 12.3. The van der Waals surface area contributed by atoms with Crippen molar-refractivity contribution in [3.8, 4) is 0 Å². The first-order chi connectivity index (χ1) is 8.41. The average molecular weight is 246 g/mol. The van der Waals surface area contributed by atoms with Crippen molar-refractivity contribution < 1.29 is 14.4 Å². The molecule has 18 heavy (non-hydrogen) atoms. The fourth-order valence-corrected chi connectivity index (χ4v) is 1.89. The summed E-state index contributed by atoms with van der Waals surface area (Å²) >= 11 is 0. The van der Waals surface area contributed by atoms with Crippen LogP contribution in [-0.2, 0) is 16.1 Å². The summed E-state index contributed by atoms with van der Waals surface area (Å²) in [5.74, 6) is -1.53. The minimum absolute atomic E-state index is 0.140. The number of urea groups is 1. The van der Waals surface area contributed by atoms with Gasteiger partial charge in [-0.25, -0.2) is 4.79 Å². The van der Waals surface area contributed by atoms with E-state index in [1.165, 1.54) is 7.05 Å². The van der Waals surface area contributed by atoms with E-state index in [0.717, 1.165) is 26.5 Å². The molecular weight excluding hydrogens is 232 g/mol. The molecule has 1 fully saturated rings. The fraction of sp³-hybridized carbons (Fsp3) is 0.308. The molecule has 5 nitrogen and oxygen atoms in total. The molecule has 0 unspecified atom stereocenters. The van der Waals surface area contributed by atoms with Gasteiger partial charge in [0, 0.05) is 7.05 Å². The van der Waals surface area contributed by atoms with E-state index < -0.39 is 17.8 Å². The van der Waals surface area contributed by atoms with Gasteiger partial charge >= 0.3 is 17.8 Å². The quantitative estimate of drug-likeness (QED) is 0.582. The van der Waals surface area contributed by atoms with E-state index in [4.69, 9.17) is 0 Å². The lowest BCUT2D eigenvalue weighted by Gasteiger charge is -2.15. The summed E-state index contributed by atoms with van der Waals surface area (Å²) in [5, 5.41) is 0. The number of benzene rings is 1. The second-order valence-electron chi connectivity index (χ2n) is 4.47. The molecule has 1 saturated heterocycles. The molecule has 0 radical (unpaired) electrons. The summed E-state index contributed by atoms with van der Waals surface area (Å²) in [6.45, 7) is 3.99. The molecule has 2 rings (SSSR count). The van der Waals surface area contributed by atoms with Gasteiger partial charge in [-0.15, -0.1) is 0 Å². The highest BCUT2D eigenvalue weighted by Crippen LogP contribution is 2.17. The molecular formula is C13H14N2O3. The molecule has 0 bridgehead atoms. The van der Waals surface area contributed by atoms with Gasteiger partial charge in [-0.05, 0) is 25.0 Å². The number of aryl methyl sites for hydroxylation is 2. The summed E-state index contributed by atoms with van der Waals surface area (Å²) in [7, 11) is 1.31. The number of hydrogen-bond acceptors (Lipinski definition) is 3. The average Bonchev–Trinajstić information content (AvgIpc) is 2.51. The highest BCUT2D eigenvalue weighted by Gasteiger charge is 2.42. The molecule has 0 spiro atoms. The van der Waals surface area contributed by atoms with Crippen LogP contribution in [0.3, 0.4) is 0 Å². The Labute approximate surface area is 105 Å². The second-order valence-corrected chi connectivity index (χ2v) is 4.47. The van der Waals surface area contributed by atoms with E-state index in [1.54, 1.807) is 0 Å². The molecule has 0 saturated carbocycles. The van der Waals surface area contributed by atoms with Gasteiger partial charge in [0.2, 0.25) is 0 Å². The second kappa shape index (κ2) is 4.25. The Morgan fingerprint density at radius 1 is 1.06 bits per heavy atom. The monoisotopic (exact) mass is 246 g/mol. The fourth-order valence-electron chi connectivity index (χ4n) is 1.89. The maximum Gasteiger partial charge on any atom is 0.334 e. The van der Waals surface area contributed by atoms with Crippen LogP contribution in [0.2, 0.25) is 0 Å². The van der Waals surface area contributed by atoms with Crippen LogP contribution in [0.15, 0.2) is 18.2 Å². The van der Waals surface area contributed by atoms with Gasteiger partial charge in [0.1, 0.15) is 0 Å². The number of nitrogens with zero attached hydrogens (tertiary/aromatic N) is 2. The smallest absolute Gasteiger partial charge is 0.263 e. The Morgan fingerprint density at radius 3 is 2.28 bits per heavy atom. The Bertz CT molecular complexity index is 551. The number of carbonyl (C=O) groups is 3. The van der Waals surface area contributed by atoms with Crippen molar-refractivity contribution in [1.29, 1.82) is 0 Å². The molecule has 0 atom stereocenters. The van der Waals surface area contributed by atoms with Crippen molar-refractivity contribution >= 4 is 17.8 Å². The summed E-state index contributed by atoms with van der Waals surface area (Å²) in [6.07, 6.45) is 0. The topological polar surface area (TPSA) is 57.7 Å². The van der Waals surface area contributed by atoms with Crippen molar-refractivity contribution in [3.05, 3.63) is 34.9 Å². The third-order valence-corrected chi connectivity index (χ3v) is 3.08. The van der Waals surface area contributed by atoms with E-state index in [-0.39, 0.29) is 6.54 Å². The van der Waals surface area contributed by atoms with Crippen LogP contribution in [0, 0.1) is 13.8 Å². The molecule has 0 aromatic heterocycles. The minimum atomic E-state index is -0.773. The molecule has 1 aliphatic heterocycles. The van der Waals surface area contributed by atoms with Crippen molar-refractivity contribution in [3.63, 3.8) is 0 Å². The van der Waals surface area contributed by atoms with Crippen LogP contribution in [0.25, 0.3) is 0 Å². The van der Waals surface area contributed by atoms with Crippen LogP contribution in [0.4, 0.5) is 4.79 Å². The maximum absolute atomic E-state index is 11.7. The van der Waals surface area contributed by atoms with Crippen molar-refractivity contribution in [2.24, 2.45) is 0 Å². The van der Waals surface area contributed by atoms with E-state index in [1.807, 2.05) is 32.0 Å².